The summed E-state index contributed by atoms with van der Waals surface area (Å²) in [4.78, 5) is 4.13. The lowest BCUT2D eigenvalue weighted by Crippen LogP contribution is -2.46. The summed E-state index contributed by atoms with van der Waals surface area (Å²) in [5.41, 5.74) is 0.815. The predicted molar refractivity (Wildman–Crippen MR) is 121 cm³/mol. The van der Waals surface area contributed by atoms with Crippen LogP contribution in [-0.2, 0) is 21.3 Å². The number of aliphatic hydroxyl groups is 1. The van der Waals surface area contributed by atoms with E-state index in [1.54, 1.807) is 7.05 Å². The number of benzene rings is 1. The van der Waals surface area contributed by atoms with Crippen LogP contribution in [0.4, 0.5) is 0 Å². The second-order valence-corrected chi connectivity index (χ2v) is 8.68. The molecule has 1 atom stereocenters. The monoisotopic (exact) mass is 526 g/mol. The zero-order chi connectivity index (χ0) is 19.6. The van der Waals surface area contributed by atoms with Gasteiger partial charge in [-0.15, -0.1) is 24.0 Å². The molecule has 1 aromatic carbocycles. The minimum Gasteiger partial charge on any atom is -0.396 e. The topological polar surface area (TPSA) is 112 Å². The second kappa shape index (κ2) is 12.6. The Hall–Kier alpha value is -0.950. The van der Waals surface area contributed by atoms with Gasteiger partial charge in [-0.25, -0.2) is 13.1 Å². The summed E-state index contributed by atoms with van der Waals surface area (Å²) in [7, 11) is -1.74. The Morgan fingerprint density at radius 2 is 2.04 bits per heavy atom. The summed E-state index contributed by atoms with van der Waals surface area (Å²) in [5, 5.41) is 15.5. The van der Waals surface area contributed by atoms with Gasteiger partial charge in [0, 0.05) is 45.3 Å². The number of halogens is 1. The van der Waals surface area contributed by atoms with Gasteiger partial charge in [-0.1, -0.05) is 30.3 Å². The fourth-order valence-electron chi connectivity index (χ4n) is 2.97. The Morgan fingerprint density at radius 1 is 1.29 bits per heavy atom. The highest BCUT2D eigenvalue weighted by atomic mass is 127. The van der Waals surface area contributed by atoms with Crippen LogP contribution in [0.3, 0.4) is 0 Å². The van der Waals surface area contributed by atoms with Crippen molar-refractivity contribution in [2.24, 2.45) is 10.4 Å². The maximum atomic E-state index is 12.1. The van der Waals surface area contributed by atoms with Gasteiger partial charge in [-0.3, -0.25) is 4.99 Å². The quantitative estimate of drug-likeness (QED) is 0.203. The van der Waals surface area contributed by atoms with Crippen molar-refractivity contribution in [2.45, 2.75) is 19.4 Å². The van der Waals surface area contributed by atoms with Gasteiger partial charge in [0.25, 0.3) is 0 Å². The molecule has 1 unspecified atom stereocenters. The van der Waals surface area contributed by atoms with E-state index in [0.29, 0.717) is 32.1 Å². The number of hydrogen-bond donors (Lipinski definition) is 4. The number of aliphatic hydroxyl groups excluding tert-OH is 1. The molecule has 2 rings (SSSR count). The average Bonchev–Trinajstić information content (AvgIpc) is 3.13. The Balaban J connectivity index is 0.00000392. The molecule has 0 aromatic heterocycles. The summed E-state index contributed by atoms with van der Waals surface area (Å²) in [6.07, 6.45) is 1.55. The van der Waals surface area contributed by atoms with Crippen LogP contribution in [0.2, 0.25) is 0 Å². The molecule has 28 heavy (non-hydrogen) atoms. The summed E-state index contributed by atoms with van der Waals surface area (Å²) in [5.74, 6) is 0.489. The van der Waals surface area contributed by atoms with Crippen LogP contribution >= 0.6 is 24.0 Å². The number of nitrogens with one attached hydrogen (secondary N) is 3. The molecule has 10 heteroatoms. The first-order valence-electron chi connectivity index (χ1n) is 9.13. The van der Waals surface area contributed by atoms with Crippen LogP contribution in [0, 0.1) is 5.41 Å². The summed E-state index contributed by atoms with van der Waals surface area (Å²) >= 11 is 0. The first-order chi connectivity index (χ1) is 13.0. The molecule has 1 aromatic rings. The van der Waals surface area contributed by atoms with Crippen LogP contribution in [0.5, 0.6) is 0 Å². The highest BCUT2D eigenvalue weighted by molar-refractivity contribution is 14.0. The maximum absolute atomic E-state index is 12.1. The van der Waals surface area contributed by atoms with E-state index < -0.39 is 10.0 Å². The molecule has 8 nitrogen and oxygen atoms in total. The summed E-state index contributed by atoms with van der Waals surface area (Å²) in [6.45, 7) is 2.55. The van der Waals surface area contributed by atoms with E-state index >= 15 is 0 Å². The van der Waals surface area contributed by atoms with Gasteiger partial charge in [0.2, 0.25) is 10.0 Å². The summed E-state index contributed by atoms with van der Waals surface area (Å²) < 4.78 is 32.3. The SMILES string of the molecule is CN=C(NCCS(=O)(=O)NCc1ccccc1)NCC1(CCO)CCOC1.I. The van der Waals surface area contributed by atoms with Gasteiger partial charge in [-0.05, 0) is 18.4 Å². The lowest BCUT2D eigenvalue weighted by atomic mass is 9.84. The first kappa shape index (κ1) is 25.1. The number of ether oxygens (including phenoxy) is 1. The number of guanidine groups is 1. The molecular weight excluding hydrogens is 495 g/mol. The van der Waals surface area contributed by atoms with Gasteiger partial charge in [0.1, 0.15) is 0 Å². The minimum absolute atomic E-state index is 0. The molecule has 1 aliphatic rings. The Morgan fingerprint density at radius 3 is 2.64 bits per heavy atom. The molecule has 0 aliphatic carbocycles. The largest absolute Gasteiger partial charge is 0.396 e. The van der Waals surface area contributed by atoms with Crippen LogP contribution in [0.1, 0.15) is 18.4 Å². The van der Waals surface area contributed by atoms with Crippen LogP contribution in [0.15, 0.2) is 35.3 Å². The normalized spacial score (nSPS) is 19.9. The molecule has 0 bridgehead atoms. The van der Waals surface area contributed by atoms with E-state index in [1.807, 2.05) is 30.3 Å². The number of rotatable bonds is 10. The van der Waals surface area contributed by atoms with Crippen molar-refractivity contribution in [1.82, 2.24) is 15.4 Å². The highest BCUT2D eigenvalue weighted by Crippen LogP contribution is 2.31. The summed E-state index contributed by atoms with van der Waals surface area (Å²) in [6, 6.07) is 9.39. The zero-order valence-corrected chi connectivity index (χ0v) is 19.3. The second-order valence-electron chi connectivity index (χ2n) is 6.75. The van der Waals surface area contributed by atoms with E-state index in [1.165, 1.54) is 0 Å². The third-order valence-corrected chi connectivity index (χ3v) is 6.01. The number of aliphatic imine (C=N–C) groups is 1. The highest BCUT2D eigenvalue weighted by Gasteiger charge is 2.34. The van der Waals surface area contributed by atoms with Crippen LogP contribution in [0.25, 0.3) is 0 Å². The van der Waals surface area contributed by atoms with Crippen molar-refractivity contribution in [3.05, 3.63) is 35.9 Å². The van der Waals surface area contributed by atoms with Crippen molar-refractivity contribution in [3.8, 4) is 0 Å². The molecular formula is C18H31IN4O4S. The van der Waals surface area contributed by atoms with Gasteiger partial charge >= 0.3 is 0 Å². The van der Waals surface area contributed by atoms with E-state index in [-0.39, 0.29) is 54.8 Å². The molecule has 0 amide bonds. The number of hydrogen-bond acceptors (Lipinski definition) is 5. The van der Waals surface area contributed by atoms with Crippen LogP contribution < -0.4 is 15.4 Å². The van der Waals surface area contributed by atoms with Crippen molar-refractivity contribution >= 4 is 40.0 Å². The molecule has 1 aliphatic heterocycles. The third-order valence-electron chi connectivity index (χ3n) is 4.68. The van der Waals surface area contributed by atoms with Crippen molar-refractivity contribution in [3.63, 3.8) is 0 Å². The van der Waals surface area contributed by atoms with E-state index in [0.717, 1.165) is 12.0 Å². The molecule has 160 valence electrons. The van der Waals surface area contributed by atoms with E-state index in [2.05, 4.69) is 20.3 Å². The van der Waals surface area contributed by atoms with Crippen molar-refractivity contribution < 1.29 is 18.3 Å². The van der Waals surface area contributed by atoms with Gasteiger partial charge < -0.3 is 20.5 Å². The molecule has 1 saturated heterocycles. The lowest BCUT2D eigenvalue weighted by Gasteiger charge is -2.27. The predicted octanol–water partition coefficient (Wildman–Crippen LogP) is 0.678. The molecule has 4 N–H and O–H groups in total. The Bertz CT molecular complexity index is 695. The first-order valence-corrected chi connectivity index (χ1v) is 10.8. The molecule has 1 heterocycles. The fraction of sp³-hybridized carbons (Fsp3) is 0.611. The van der Waals surface area contributed by atoms with E-state index in [9.17, 15) is 13.5 Å². The number of nitrogens with zero attached hydrogens (tertiary/aromatic N) is 1. The Kier molecular flexibility index (Phi) is 11.3. The lowest BCUT2D eigenvalue weighted by molar-refractivity contribution is 0.127. The van der Waals surface area contributed by atoms with Crippen LogP contribution in [-0.4, -0.2) is 65.2 Å². The molecule has 0 radical (unpaired) electrons. The average molecular weight is 526 g/mol. The smallest absolute Gasteiger partial charge is 0.213 e. The van der Waals surface area contributed by atoms with Crippen molar-refractivity contribution in [2.75, 3.05) is 45.7 Å². The fourth-order valence-corrected chi connectivity index (χ4v) is 3.87. The maximum Gasteiger partial charge on any atom is 0.213 e. The zero-order valence-electron chi connectivity index (χ0n) is 16.2. The van der Waals surface area contributed by atoms with Gasteiger partial charge in [0.15, 0.2) is 5.96 Å². The van der Waals surface area contributed by atoms with Gasteiger partial charge in [-0.2, -0.15) is 0 Å². The number of sulfonamides is 1. The third kappa shape index (κ3) is 8.60. The minimum atomic E-state index is -3.38. The van der Waals surface area contributed by atoms with Crippen molar-refractivity contribution in [1.29, 1.82) is 0 Å². The van der Waals surface area contributed by atoms with E-state index in [4.69, 9.17) is 4.74 Å². The van der Waals surface area contributed by atoms with Gasteiger partial charge in [0.05, 0.1) is 12.4 Å². The molecule has 1 fully saturated rings. The standard InChI is InChI=1S/C18H30N4O4S.HI/c1-19-17(21-14-18(7-10-23)8-11-26-15-18)20-9-12-27(24,25)22-13-16-5-3-2-4-6-16;/h2-6,22-23H,7-15H2,1H3,(H2,19,20,21);1H. The Labute approximate surface area is 184 Å². The molecule has 0 saturated carbocycles. The molecule has 0 spiro atoms.